The monoisotopic (exact) mass is 248 g/mol. The minimum absolute atomic E-state index is 0.201. The second-order valence-electron chi connectivity index (χ2n) is 4.29. The molecular weight excluding hydrogens is 231 g/mol. The van der Waals surface area contributed by atoms with E-state index < -0.39 is 0 Å². The number of nitrogens with zero attached hydrogens (tertiary/aromatic N) is 1. The van der Waals surface area contributed by atoms with Crippen molar-refractivity contribution in [2.24, 2.45) is 0 Å². The van der Waals surface area contributed by atoms with Gasteiger partial charge in [-0.2, -0.15) is 0 Å². The average molecular weight is 248 g/mol. The first kappa shape index (κ1) is 12.8. The van der Waals surface area contributed by atoms with E-state index in [9.17, 15) is 4.39 Å². The molecule has 0 saturated heterocycles. The molecule has 0 saturated carbocycles. The molecule has 0 unspecified atom stereocenters. The smallest absolute Gasteiger partial charge is 0.194 e. The van der Waals surface area contributed by atoms with Crippen molar-refractivity contribution in [3.63, 3.8) is 0 Å². The topological polar surface area (TPSA) is 38.1 Å². The Bertz CT molecular complexity index is 522. The maximum atomic E-state index is 13.2. The number of hydrogen-bond acceptors (Lipinski definition) is 3. The standard InChI is InChI=1S/C14H17FN2O/c1-10-8-11(5-6-12(10)15)13-9-17-14(18-13)4-3-7-16-2/h5-6,8-9,16H,3-4,7H2,1-2H3. The molecule has 1 N–H and O–H groups in total. The summed E-state index contributed by atoms with van der Waals surface area (Å²) < 4.78 is 18.8. The normalized spacial score (nSPS) is 10.8. The zero-order valence-electron chi connectivity index (χ0n) is 10.7. The van der Waals surface area contributed by atoms with Gasteiger partial charge in [0.25, 0.3) is 0 Å². The van der Waals surface area contributed by atoms with E-state index >= 15 is 0 Å². The molecule has 0 spiro atoms. The molecule has 0 aliphatic heterocycles. The van der Waals surface area contributed by atoms with Crippen LogP contribution in [0.3, 0.4) is 0 Å². The van der Waals surface area contributed by atoms with Gasteiger partial charge in [0, 0.05) is 12.0 Å². The van der Waals surface area contributed by atoms with Crippen LogP contribution in [0.15, 0.2) is 28.8 Å². The Balaban J connectivity index is 2.11. The molecule has 1 aromatic heterocycles. The molecule has 1 heterocycles. The molecule has 2 rings (SSSR count). The Morgan fingerprint density at radius 1 is 1.39 bits per heavy atom. The van der Waals surface area contributed by atoms with Gasteiger partial charge in [0.05, 0.1) is 6.20 Å². The molecular formula is C14H17FN2O. The van der Waals surface area contributed by atoms with Crippen molar-refractivity contribution < 1.29 is 8.81 Å². The summed E-state index contributed by atoms with van der Waals surface area (Å²) in [4.78, 5) is 4.23. The first-order valence-corrected chi connectivity index (χ1v) is 6.06. The number of hydrogen-bond donors (Lipinski definition) is 1. The highest BCUT2D eigenvalue weighted by molar-refractivity contribution is 5.57. The van der Waals surface area contributed by atoms with Gasteiger partial charge < -0.3 is 9.73 Å². The summed E-state index contributed by atoms with van der Waals surface area (Å²) >= 11 is 0. The van der Waals surface area contributed by atoms with E-state index in [-0.39, 0.29) is 5.82 Å². The average Bonchev–Trinajstić information content (AvgIpc) is 2.82. The van der Waals surface area contributed by atoms with E-state index in [0.29, 0.717) is 11.3 Å². The number of aromatic nitrogens is 1. The van der Waals surface area contributed by atoms with Gasteiger partial charge >= 0.3 is 0 Å². The molecule has 0 aliphatic carbocycles. The number of rotatable bonds is 5. The third-order valence-electron chi connectivity index (χ3n) is 2.81. The van der Waals surface area contributed by atoms with Crippen molar-refractivity contribution in [2.45, 2.75) is 19.8 Å². The predicted octanol–water partition coefficient (Wildman–Crippen LogP) is 2.94. The van der Waals surface area contributed by atoms with Gasteiger partial charge in [-0.15, -0.1) is 0 Å². The number of halogens is 1. The zero-order valence-corrected chi connectivity index (χ0v) is 10.7. The molecule has 0 aliphatic rings. The number of benzene rings is 1. The van der Waals surface area contributed by atoms with Gasteiger partial charge in [-0.05, 0) is 50.7 Å². The fraction of sp³-hybridized carbons (Fsp3) is 0.357. The number of nitrogens with one attached hydrogen (secondary N) is 1. The van der Waals surface area contributed by atoms with E-state index in [0.717, 1.165) is 30.8 Å². The van der Waals surface area contributed by atoms with Crippen LogP contribution in [0.25, 0.3) is 11.3 Å². The maximum absolute atomic E-state index is 13.2. The summed E-state index contributed by atoms with van der Waals surface area (Å²) in [5.74, 6) is 1.22. The summed E-state index contributed by atoms with van der Waals surface area (Å²) in [7, 11) is 1.92. The predicted molar refractivity (Wildman–Crippen MR) is 68.9 cm³/mol. The van der Waals surface area contributed by atoms with Crippen molar-refractivity contribution >= 4 is 0 Å². The molecule has 0 radical (unpaired) electrons. The second kappa shape index (κ2) is 5.78. The van der Waals surface area contributed by atoms with Gasteiger partial charge in [-0.1, -0.05) is 0 Å². The summed E-state index contributed by atoms with van der Waals surface area (Å²) in [6.07, 6.45) is 3.49. The van der Waals surface area contributed by atoms with Crippen LogP contribution in [0.4, 0.5) is 4.39 Å². The lowest BCUT2D eigenvalue weighted by Crippen LogP contribution is -2.08. The third kappa shape index (κ3) is 2.96. The van der Waals surface area contributed by atoms with Gasteiger partial charge in [0.15, 0.2) is 11.7 Å². The highest BCUT2D eigenvalue weighted by atomic mass is 19.1. The van der Waals surface area contributed by atoms with Crippen molar-refractivity contribution in [2.75, 3.05) is 13.6 Å². The minimum atomic E-state index is -0.201. The fourth-order valence-electron chi connectivity index (χ4n) is 1.77. The van der Waals surface area contributed by atoms with Crippen molar-refractivity contribution in [3.05, 3.63) is 41.7 Å². The lowest BCUT2D eigenvalue weighted by atomic mass is 10.1. The van der Waals surface area contributed by atoms with Crippen molar-refractivity contribution in [3.8, 4) is 11.3 Å². The molecule has 3 nitrogen and oxygen atoms in total. The largest absolute Gasteiger partial charge is 0.441 e. The van der Waals surface area contributed by atoms with Crippen molar-refractivity contribution in [1.82, 2.24) is 10.3 Å². The second-order valence-corrected chi connectivity index (χ2v) is 4.29. The Labute approximate surface area is 106 Å². The number of aryl methyl sites for hydroxylation is 2. The zero-order chi connectivity index (χ0) is 13.0. The van der Waals surface area contributed by atoms with E-state index in [2.05, 4.69) is 10.3 Å². The van der Waals surface area contributed by atoms with Gasteiger partial charge in [0.2, 0.25) is 0 Å². The lowest BCUT2D eigenvalue weighted by Gasteiger charge is -2.00. The summed E-state index contributed by atoms with van der Waals surface area (Å²) in [5, 5.41) is 3.08. The van der Waals surface area contributed by atoms with Gasteiger partial charge in [-0.3, -0.25) is 0 Å². The van der Waals surface area contributed by atoms with Crippen LogP contribution < -0.4 is 5.32 Å². The SMILES string of the molecule is CNCCCc1ncc(-c2ccc(F)c(C)c2)o1. The molecule has 2 aromatic rings. The van der Waals surface area contributed by atoms with Crippen LogP contribution in [-0.2, 0) is 6.42 Å². The first-order chi connectivity index (χ1) is 8.70. The minimum Gasteiger partial charge on any atom is -0.441 e. The molecule has 96 valence electrons. The molecule has 0 amide bonds. The Hall–Kier alpha value is -1.68. The molecule has 0 bridgehead atoms. The van der Waals surface area contributed by atoms with Gasteiger partial charge in [0.1, 0.15) is 5.82 Å². The third-order valence-corrected chi connectivity index (χ3v) is 2.81. The van der Waals surface area contributed by atoms with Crippen LogP contribution in [-0.4, -0.2) is 18.6 Å². The van der Waals surface area contributed by atoms with Crippen LogP contribution in [0.1, 0.15) is 17.9 Å². The van der Waals surface area contributed by atoms with Crippen LogP contribution in [0.2, 0.25) is 0 Å². The lowest BCUT2D eigenvalue weighted by molar-refractivity contribution is 0.495. The van der Waals surface area contributed by atoms with Crippen LogP contribution in [0.5, 0.6) is 0 Å². The van der Waals surface area contributed by atoms with E-state index in [1.165, 1.54) is 6.07 Å². The fourth-order valence-corrected chi connectivity index (χ4v) is 1.77. The summed E-state index contributed by atoms with van der Waals surface area (Å²) in [6, 6.07) is 4.93. The molecule has 0 atom stereocenters. The van der Waals surface area contributed by atoms with Crippen LogP contribution in [0, 0.1) is 12.7 Å². The maximum Gasteiger partial charge on any atom is 0.194 e. The summed E-state index contributed by atoms with van der Waals surface area (Å²) in [6.45, 7) is 2.68. The molecule has 0 fully saturated rings. The first-order valence-electron chi connectivity index (χ1n) is 6.06. The summed E-state index contributed by atoms with van der Waals surface area (Å²) in [5.41, 5.74) is 1.47. The quantitative estimate of drug-likeness (QED) is 0.827. The van der Waals surface area contributed by atoms with E-state index in [1.54, 1.807) is 25.3 Å². The van der Waals surface area contributed by atoms with E-state index in [1.807, 2.05) is 7.05 Å². The Morgan fingerprint density at radius 2 is 2.22 bits per heavy atom. The molecule has 1 aromatic carbocycles. The van der Waals surface area contributed by atoms with Gasteiger partial charge in [-0.25, -0.2) is 9.37 Å². The molecule has 18 heavy (non-hydrogen) atoms. The number of oxazole rings is 1. The van der Waals surface area contributed by atoms with Crippen molar-refractivity contribution in [1.29, 1.82) is 0 Å². The highest BCUT2D eigenvalue weighted by Gasteiger charge is 2.07. The van der Waals surface area contributed by atoms with E-state index in [4.69, 9.17) is 4.42 Å². The highest BCUT2D eigenvalue weighted by Crippen LogP contribution is 2.23. The van der Waals surface area contributed by atoms with Crippen LogP contribution >= 0.6 is 0 Å². The Morgan fingerprint density at radius 3 is 2.94 bits per heavy atom. The molecule has 4 heteroatoms. The Kier molecular flexibility index (Phi) is 4.10.